The Bertz CT molecular complexity index is 2260. The zero-order valence-corrected chi connectivity index (χ0v) is 31.6. The Labute approximate surface area is 324 Å². The summed E-state index contributed by atoms with van der Waals surface area (Å²) >= 11 is 0. The van der Waals surface area contributed by atoms with Gasteiger partial charge in [-0.2, -0.15) is 0 Å². The number of rotatable bonds is 13. The Morgan fingerprint density at radius 3 is 1.28 bits per heavy atom. The van der Waals surface area contributed by atoms with E-state index in [1.54, 1.807) is 0 Å². The summed E-state index contributed by atoms with van der Waals surface area (Å²) in [4.78, 5) is 2.17. The fourth-order valence-electron chi connectivity index (χ4n) is 7.79. The maximum Gasteiger partial charge on any atom is 0.0462 e. The summed E-state index contributed by atoms with van der Waals surface area (Å²) in [5.74, 6) is 21.2. The van der Waals surface area contributed by atoms with Crippen molar-refractivity contribution in [2.45, 2.75) is 83.5 Å². The molecule has 0 saturated heterocycles. The van der Waals surface area contributed by atoms with Crippen LogP contribution in [-0.2, 0) is 5.41 Å². The summed E-state index contributed by atoms with van der Waals surface area (Å²) < 4.78 is 0. The monoisotopic (exact) mass is 697 g/mol. The van der Waals surface area contributed by atoms with Gasteiger partial charge in [-0.1, -0.05) is 107 Å². The Hall–Kier alpha value is -6.30. The molecule has 0 amide bonds. The molecule has 5 aromatic rings. The van der Waals surface area contributed by atoms with Crippen LogP contribution in [0.1, 0.15) is 117 Å². The van der Waals surface area contributed by atoms with Crippen LogP contribution >= 0.6 is 0 Å². The lowest BCUT2D eigenvalue weighted by atomic mass is 9.70. The molecule has 0 radical (unpaired) electrons. The average Bonchev–Trinajstić information content (AvgIpc) is 3.48. The summed E-state index contributed by atoms with van der Waals surface area (Å²) in [5, 5.41) is 0. The van der Waals surface area contributed by atoms with E-state index in [-0.39, 0.29) is 5.41 Å². The molecule has 5 aromatic carbocycles. The van der Waals surface area contributed by atoms with E-state index in [2.05, 4.69) is 109 Å². The molecule has 0 aliphatic heterocycles. The van der Waals surface area contributed by atoms with Crippen molar-refractivity contribution in [2.24, 2.45) is 0 Å². The fraction of sp³-hybridized carbons (Fsp3) is 0.245. The molecule has 1 aliphatic carbocycles. The van der Waals surface area contributed by atoms with Gasteiger partial charge in [0.15, 0.2) is 0 Å². The zero-order valence-electron chi connectivity index (χ0n) is 31.6. The van der Waals surface area contributed by atoms with Crippen molar-refractivity contribution >= 4 is 17.1 Å². The van der Waals surface area contributed by atoms with Crippen LogP contribution in [0, 0.1) is 60.7 Å². The third-order valence-electron chi connectivity index (χ3n) is 10.6. The van der Waals surface area contributed by atoms with Gasteiger partial charge in [0.25, 0.3) is 0 Å². The van der Waals surface area contributed by atoms with E-state index in [1.165, 1.54) is 73.6 Å². The second-order valence-electron chi connectivity index (χ2n) is 14.1. The number of terminal acetylenes is 3. The zero-order chi connectivity index (χ0) is 37.8. The molecule has 0 unspecified atom stereocenters. The second-order valence-corrected chi connectivity index (χ2v) is 14.1. The normalized spacial score (nSPS) is 11.7. The van der Waals surface area contributed by atoms with Crippen molar-refractivity contribution in [3.63, 3.8) is 0 Å². The average molecular weight is 698 g/mol. The number of fused-ring (bicyclic) bond motifs is 3. The minimum absolute atomic E-state index is 0.0509. The Morgan fingerprint density at radius 1 is 0.444 bits per heavy atom. The summed E-state index contributed by atoms with van der Waals surface area (Å²) in [5.41, 5.74) is 12.9. The molecular formula is C53H47N. The van der Waals surface area contributed by atoms with Crippen molar-refractivity contribution < 1.29 is 0 Å². The molecule has 54 heavy (non-hydrogen) atoms. The summed E-state index contributed by atoms with van der Waals surface area (Å²) in [6.45, 7) is 4.56. The van der Waals surface area contributed by atoms with E-state index in [9.17, 15) is 0 Å². The van der Waals surface area contributed by atoms with Crippen molar-refractivity contribution in [2.75, 3.05) is 4.90 Å². The molecule has 0 fully saturated rings. The highest BCUT2D eigenvalue weighted by atomic mass is 15.1. The van der Waals surface area contributed by atoms with Gasteiger partial charge >= 0.3 is 0 Å². The van der Waals surface area contributed by atoms with Gasteiger partial charge in [0, 0.05) is 50.3 Å². The SMILES string of the molecule is C#Cc1ccc(N(c2ccc(C#C)cc2)c2ccc(C#CC#Cc3ccc4c(c3)C(CCCCCC)(CCCCCC)c3cc(C#C)ccc3-4)cc2)cc1. The maximum absolute atomic E-state index is 5.94. The third kappa shape index (κ3) is 8.33. The van der Waals surface area contributed by atoms with Crippen LogP contribution in [0.15, 0.2) is 109 Å². The van der Waals surface area contributed by atoms with Crippen molar-refractivity contribution in [3.05, 3.63) is 148 Å². The lowest BCUT2D eigenvalue weighted by Crippen LogP contribution is -2.25. The van der Waals surface area contributed by atoms with Crippen LogP contribution in [0.4, 0.5) is 17.1 Å². The van der Waals surface area contributed by atoms with E-state index in [0.717, 1.165) is 57.7 Å². The van der Waals surface area contributed by atoms with Gasteiger partial charge in [0.2, 0.25) is 0 Å². The van der Waals surface area contributed by atoms with Crippen molar-refractivity contribution in [1.82, 2.24) is 0 Å². The van der Waals surface area contributed by atoms with Gasteiger partial charge in [0.05, 0.1) is 0 Å². The predicted octanol–water partition coefficient (Wildman–Crippen LogP) is 12.7. The van der Waals surface area contributed by atoms with Crippen LogP contribution in [0.3, 0.4) is 0 Å². The molecule has 1 aliphatic rings. The molecule has 264 valence electrons. The van der Waals surface area contributed by atoms with Gasteiger partial charge in [-0.05, 0) is 144 Å². The highest BCUT2D eigenvalue weighted by Gasteiger charge is 2.42. The molecule has 0 aromatic heterocycles. The first-order chi connectivity index (χ1) is 26.5. The molecule has 1 nitrogen and oxygen atoms in total. The smallest absolute Gasteiger partial charge is 0.0462 e. The summed E-state index contributed by atoms with van der Waals surface area (Å²) in [6, 6.07) is 37.5. The van der Waals surface area contributed by atoms with E-state index < -0.39 is 0 Å². The Balaban J connectivity index is 1.28. The minimum Gasteiger partial charge on any atom is -0.311 e. The fourth-order valence-corrected chi connectivity index (χ4v) is 7.79. The van der Waals surface area contributed by atoms with E-state index in [4.69, 9.17) is 19.3 Å². The lowest BCUT2D eigenvalue weighted by Gasteiger charge is -2.33. The third-order valence-corrected chi connectivity index (χ3v) is 10.6. The number of anilines is 3. The van der Waals surface area contributed by atoms with Gasteiger partial charge in [-0.25, -0.2) is 0 Å². The lowest BCUT2D eigenvalue weighted by molar-refractivity contribution is 0.401. The van der Waals surface area contributed by atoms with E-state index in [0.29, 0.717) is 0 Å². The molecule has 1 heteroatoms. The minimum atomic E-state index is -0.0509. The molecule has 0 saturated carbocycles. The number of nitrogens with zero attached hydrogens (tertiary/aromatic N) is 1. The highest BCUT2D eigenvalue weighted by molar-refractivity contribution is 5.83. The molecule has 0 atom stereocenters. The number of benzene rings is 5. The Morgan fingerprint density at radius 2 is 0.833 bits per heavy atom. The number of hydrogen-bond acceptors (Lipinski definition) is 1. The predicted molar refractivity (Wildman–Crippen MR) is 229 cm³/mol. The molecule has 6 rings (SSSR count). The molecule has 0 bridgehead atoms. The first-order valence-electron chi connectivity index (χ1n) is 19.3. The van der Waals surface area contributed by atoms with Gasteiger partial charge in [-0.15, -0.1) is 19.3 Å². The van der Waals surface area contributed by atoms with Crippen LogP contribution in [0.2, 0.25) is 0 Å². The first-order valence-corrected chi connectivity index (χ1v) is 19.3. The molecular weight excluding hydrogens is 651 g/mol. The van der Waals surface area contributed by atoms with Crippen LogP contribution in [0.5, 0.6) is 0 Å². The van der Waals surface area contributed by atoms with E-state index in [1.807, 2.05) is 60.7 Å². The topological polar surface area (TPSA) is 3.24 Å². The first kappa shape index (κ1) is 37.5. The highest BCUT2D eigenvalue weighted by Crippen LogP contribution is 2.54. The van der Waals surface area contributed by atoms with Gasteiger partial charge in [-0.3, -0.25) is 0 Å². The Kier molecular flexibility index (Phi) is 12.5. The molecule has 0 spiro atoms. The summed E-state index contributed by atoms with van der Waals surface area (Å²) in [7, 11) is 0. The van der Waals surface area contributed by atoms with E-state index >= 15 is 0 Å². The second kappa shape index (κ2) is 18.0. The quantitative estimate of drug-likeness (QED) is 0.0874. The maximum atomic E-state index is 5.94. The van der Waals surface area contributed by atoms with Crippen LogP contribution in [-0.4, -0.2) is 0 Å². The number of unbranched alkanes of at least 4 members (excludes halogenated alkanes) is 6. The molecule has 0 heterocycles. The van der Waals surface area contributed by atoms with Crippen molar-refractivity contribution in [3.8, 4) is 71.8 Å². The molecule has 0 N–H and O–H groups in total. The van der Waals surface area contributed by atoms with Gasteiger partial charge in [0.1, 0.15) is 0 Å². The standard InChI is InChI=1S/C53H47N/c1-6-11-13-17-37-53(38-18-14-12-7-2)51-39-43(10-5)27-35-49(51)50-36-28-45(40-52(50)53)20-16-15-19-44-25-33-48(34-26-44)54(46-29-21-41(8-3)22-30-46)47-31-23-42(9-4)24-32-47/h3-5,21-36,39-40H,6-7,11-14,17-18,37-38H2,1-2H3. The number of hydrogen-bond donors (Lipinski definition) is 0. The van der Waals surface area contributed by atoms with Crippen LogP contribution in [0.25, 0.3) is 11.1 Å². The van der Waals surface area contributed by atoms with Crippen molar-refractivity contribution in [1.29, 1.82) is 0 Å². The van der Waals surface area contributed by atoms with Gasteiger partial charge < -0.3 is 4.90 Å². The summed E-state index contributed by atoms with van der Waals surface area (Å²) in [6.07, 6.45) is 29.3. The van der Waals surface area contributed by atoms with Crippen LogP contribution < -0.4 is 4.90 Å². The largest absolute Gasteiger partial charge is 0.311 e.